The highest BCUT2D eigenvalue weighted by molar-refractivity contribution is 6.30. The van der Waals surface area contributed by atoms with Crippen LogP contribution in [0.1, 0.15) is 18.6 Å². The first-order valence-corrected chi connectivity index (χ1v) is 4.37. The summed E-state index contributed by atoms with van der Waals surface area (Å²) in [4.78, 5) is 0. The van der Waals surface area contributed by atoms with Gasteiger partial charge in [-0.3, -0.25) is 0 Å². The molecule has 1 N–H and O–H groups in total. The van der Waals surface area contributed by atoms with Gasteiger partial charge in [0.1, 0.15) is 6.10 Å². The van der Waals surface area contributed by atoms with E-state index < -0.39 is 11.8 Å². The zero-order valence-corrected chi connectivity index (χ0v) is 7.86. The van der Waals surface area contributed by atoms with Crippen LogP contribution in [0.15, 0.2) is 34.5 Å². The third-order valence-electron chi connectivity index (χ3n) is 2.10. The van der Waals surface area contributed by atoms with Gasteiger partial charge in [-0.25, -0.2) is 0 Å². The van der Waals surface area contributed by atoms with Crippen LogP contribution in [0.4, 0.5) is 0 Å². The van der Waals surface area contributed by atoms with Crippen LogP contribution >= 0.6 is 11.6 Å². The van der Waals surface area contributed by atoms with E-state index in [0.717, 1.165) is 5.56 Å². The molecule has 1 atom stereocenters. The average molecular weight is 197 g/mol. The van der Waals surface area contributed by atoms with Crippen molar-refractivity contribution >= 4 is 11.6 Å². The second kappa shape index (κ2) is 2.79. The van der Waals surface area contributed by atoms with Gasteiger partial charge in [-0.1, -0.05) is 23.7 Å². The van der Waals surface area contributed by atoms with Crippen molar-refractivity contribution in [1.82, 2.24) is 0 Å². The molecule has 0 aliphatic carbocycles. The molecule has 68 valence electrons. The van der Waals surface area contributed by atoms with Crippen molar-refractivity contribution in [3.63, 3.8) is 0 Å². The van der Waals surface area contributed by atoms with Gasteiger partial charge in [-0.15, -0.1) is 0 Å². The highest BCUT2D eigenvalue weighted by Gasteiger charge is 2.43. The first-order valence-electron chi connectivity index (χ1n) is 3.99. The Morgan fingerprint density at radius 2 is 2.15 bits per heavy atom. The van der Waals surface area contributed by atoms with Crippen LogP contribution < -0.4 is 0 Å². The van der Waals surface area contributed by atoms with Gasteiger partial charge in [-0.05, 0) is 24.6 Å². The van der Waals surface area contributed by atoms with E-state index in [9.17, 15) is 5.11 Å². The van der Waals surface area contributed by atoms with Crippen molar-refractivity contribution in [2.75, 3.05) is 0 Å². The fraction of sp³-hybridized carbons (Fsp3) is 0.333. The molecule has 0 radical (unpaired) electrons. The van der Waals surface area contributed by atoms with Crippen LogP contribution in [-0.4, -0.2) is 10.8 Å². The maximum absolute atomic E-state index is 9.80. The molecule has 0 fully saturated rings. The fourth-order valence-electron chi connectivity index (χ4n) is 1.18. The molecule has 3 nitrogen and oxygen atoms in total. The Bertz CT molecular complexity index is 358. The zero-order valence-electron chi connectivity index (χ0n) is 7.11. The minimum absolute atomic E-state index is 0.612. The molecule has 0 aromatic heterocycles. The summed E-state index contributed by atoms with van der Waals surface area (Å²) in [6.45, 7) is 1.78. The molecule has 0 bridgehead atoms. The maximum atomic E-state index is 9.80. The lowest BCUT2D eigenvalue weighted by Crippen LogP contribution is -2.17. The van der Waals surface area contributed by atoms with Crippen LogP contribution in [-0.2, 0) is 0 Å². The molecule has 1 aromatic carbocycles. The third kappa shape index (κ3) is 1.57. The van der Waals surface area contributed by atoms with E-state index in [1.54, 1.807) is 25.1 Å². The van der Waals surface area contributed by atoms with E-state index in [2.05, 4.69) is 10.2 Å². The largest absolute Gasteiger partial charge is 0.384 e. The summed E-state index contributed by atoms with van der Waals surface area (Å²) in [6.07, 6.45) is -0.689. The Kier molecular flexibility index (Phi) is 1.86. The summed E-state index contributed by atoms with van der Waals surface area (Å²) < 4.78 is 0. The van der Waals surface area contributed by atoms with Crippen molar-refractivity contribution in [3.05, 3.63) is 34.9 Å². The number of halogens is 1. The van der Waals surface area contributed by atoms with E-state index >= 15 is 0 Å². The van der Waals surface area contributed by atoms with Gasteiger partial charge >= 0.3 is 0 Å². The second-order valence-electron chi connectivity index (χ2n) is 3.25. The molecule has 13 heavy (non-hydrogen) atoms. The third-order valence-corrected chi connectivity index (χ3v) is 2.33. The lowest BCUT2D eigenvalue weighted by Gasteiger charge is -2.13. The quantitative estimate of drug-likeness (QED) is 0.776. The van der Waals surface area contributed by atoms with Gasteiger partial charge in [0.15, 0.2) is 0 Å². The van der Waals surface area contributed by atoms with Gasteiger partial charge in [0.2, 0.25) is 5.66 Å². The molecule has 1 aliphatic rings. The maximum Gasteiger partial charge on any atom is 0.217 e. The van der Waals surface area contributed by atoms with Gasteiger partial charge in [0, 0.05) is 5.02 Å². The van der Waals surface area contributed by atoms with E-state index in [4.69, 9.17) is 11.6 Å². The van der Waals surface area contributed by atoms with E-state index in [1.807, 2.05) is 6.07 Å². The molecule has 0 amide bonds. The molecule has 1 unspecified atom stereocenters. The summed E-state index contributed by atoms with van der Waals surface area (Å²) in [5, 5.41) is 18.0. The molecular formula is C9H9ClN2O. The SMILES string of the molecule is CC1(C(O)c2cccc(Cl)c2)N=N1. The number of benzene rings is 1. The minimum Gasteiger partial charge on any atom is -0.384 e. The smallest absolute Gasteiger partial charge is 0.217 e. The van der Waals surface area contributed by atoms with Crippen LogP contribution in [0, 0.1) is 0 Å². The first-order chi connectivity index (χ1) is 6.12. The monoisotopic (exact) mass is 196 g/mol. The lowest BCUT2D eigenvalue weighted by atomic mass is 10.0. The molecule has 2 rings (SSSR count). The summed E-state index contributed by atoms with van der Waals surface area (Å²) in [5.74, 6) is 0. The zero-order chi connectivity index (χ0) is 9.47. The molecule has 0 saturated carbocycles. The van der Waals surface area contributed by atoms with E-state index in [1.165, 1.54) is 0 Å². The lowest BCUT2D eigenvalue weighted by molar-refractivity contribution is 0.133. The number of nitrogens with zero attached hydrogens (tertiary/aromatic N) is 2. The predicted octanol–water partition coefficient (Wildman–Crippen LogP) is 2.56. The molecule has 0 spiro atoms. The van der Waals surface area contributed by atoms with Crippen molar-refractivity contribution < 1.29 is 5.11 Å². The van der Waals surface area contributed by atoms with E-state index in [-0.39, 0.29) is 0 Å². The number of aliphatic hydroxyl groups excluding tert-OH is 1. The molecule has 0 saturated heterocycles. The number of aliphatic hydroxyl groups is 1. The molecule has 1 aliphatic heterocycles. The summed E-state index contributed by atoms with van der Waals surface area (Å²) >= 11 is 5.79. The highest BCUT2D eigenvalue weighted by atomic mass is 35.5. The Morgan fingerprint density at radius 3 is 2.69 bits per heavy atom. The van der Waals surface area contributed by atoms with Crippen LogP contribution in [0.2, 0.25) is 5.02 Å². The van der Waals surface area contributed by atoms with Crippen molar-refractivity contribution in [1.29, 1.82) is 0 Å². The van der Waals surface area contributed by atoms with Gasteiger partial charge in [0.05, 0.1) is 0 Å². The normalized spacial score (nSPS) is 19.9. The summed E-state index contributed by atoms with van der Waals surface area (Å²) in [7, 11) is 0. The average Bonchev–Trinajstić information content (AvgIpc) is 2.84. The molecule has 1 heterocycles. The molecular weight excluding hydrogens is 188 g/mol. The minimum atomic E-state index is -0.689. The van der Waals surface area contributed by atoms with Gasteiger partial charge in [-0.2, -0.15) is 10.2 Å². The first kappa shape index (κ1) is 8.66. The van der Waals surface area contributed by atoms with E-state index in [0.29, 0.717) is 5.02 Å². The Balaban J connectivity index is 2.25. The number of hydrogen-bond acceptors (Lipinski definition) is 3. The Hall–Kier alpha value is -0.930. The Labute approximate surface area is 81.1 Å². The topological polar surface area (TPSA) is 45.0 Å². The summed E-state index contributed by atoms with van der Waals surface area (Å²) in [6, 6.07) is 7.10. The molecule has 1 aromatic rings. The van der Waals surface area contributed by atoms with Crippen molar-refractivity contribution in [2.24, 2.45) is 10.2 Å². The van der Waals surface area contributed by atoms with Gasteiger partial charge < -0.3 is 5.11 Å². The number of hydrogen-bond donors (Lipinski definition) is 1. The molecule has 4 heteroatoms. The Morgan fingerprint density at radius 1 is 1.46 bits per heavy atom. The fourth-order valence-corrected chi connectivity index (χ4v) is 1.38. The van der Waals surface area contributed by atoms with Crippen LogP contribution in [0.5, 0.6) is 0 Å². The standard InChI is InChI=1S/C9H9ClN2O/c1-9(11-12-9)8(13)6-3-2-4-7(10)5-6/h2-5,8,13H,1H3. The van der Waals surface area contributed by atoms with Gasteiger partial charge in [0.25, 0.3) is 0 Å². The predicted molar refractivity (Wildman–Crippen MR) is 49.7 cm³/mol. The van der Waals surface area contributed by atoms with Crippen LogP contribution in [0.3, 0.4) is 0 Å². The second-order valence-corrected chi connectivity index (χ2v) is 3.69. The van der Waals surface area contributed by atoms with Crippen LogP contribution in [0.25, 0.3) is 0 Å². The highest BCUT2D eigenvalue weighted by Crippen LogP contribution is 2.40. The summed E-state index contributed by atoms with van der Waals surface area (Å²) in [5.41, 5.74) is 0.102. The van der Waals surface area contributed by atoms with Crippen molar-refractivity contribution in [3.8, 4) is 0 Å². The number of rotatable bonds is 2. The van der Waals surface area contributed by atoms with Crippen molar-refractivity contribution in [2.45, 2.75) is 18.7 Å².